The van der Waals surface area contributed by atoms with Crippen molar-refractivity contribution in [2.45, 2.75) is 46.2 Å². The van der Waals surface area contributed by atoms with Crippen LogP contribution in [0.1, 0.15) is 37.7 Å². The van der Waals surface area contributed by atoms with E-state index in [0.29, 0.717) is 11.4 Å². The fourth-order valence-corrected chi connectivity index (χ4v) is 1.87. The van der Waals surface area contributed by atoms with Crippen LogP contribution >= 0.6 is 0 Å². The number of carbonyl (C=O) groups excluding carboxylic acids is 2. The number of nitrogens with one attached hydrogen (secondary N) is 1. The van der Waals surface area contributed by atoms with Crippen molar-refractivity contribution in [1.82, 2.24) is 9.78 Å². The van der Waals surface area contributed by atoms with E-state index in [9.17, 15) is 9.59 Å². The van der Waals surface area contributed by atoms with Gasteiger partial charge in [-0.15, -0.1) is 0 Å². The van der Waals surface area contributed by atoms with Crippen molar-refractivity contribution in [3.8, 4) is 0 Å². The van der Waals surface area contributed by atoms with Crippen LogP contribution < -0.4 is 16.8 Å². The van der Waals surface area contributed by atoms with Gasteiger partial charge in [-0.1, -0.05) is 0 Å². The first-order valence-electron chi connectivity index (χ1n) is 6.14. The Hall–Kier alpha value is -1.89. The highest BCUT2D eigenvalue weighted by atomic mass is 16.2. The molecule has 1 aromatic rings. The van der Waals surface area contributed by atoms with E-state index in [1.54, 1.807) is 6.92 Å². The molecule has 0 aliphatic carbocycles. The summed E-state index contributed by atoms with van der Waals surface area (Å²) in [7, 11) is 0. The maximum atomic E-state index is 11.9. The first-order chi connectivity index (χ1) is 8.73. The summed E-state index contributed by atoms with van der Waals surface area (Å²) < 4.78 is 1.82. The lowest BCUT2D eigenvalue weighted by Crippen LogP contribution is -2.39. The van der Waals surface area contributed by atoms with Gasteiger partial charge in [0, 0.05) is 6.04 Å². The van der Waals surface area contributed by atoms with Crippen molar-refractivity contribution < 1.29 is 9.59 Å². The summed E-state index contributed by atoms with van der Waals surface area (Å²) in [5.41, 5.74) is 12.8. The molecule has 106 valence electrons. The van der Waals surface area contributed by atoms with E-state index in [4.69, 9.17) is 11.5 Å². The molecule has 5 N–H and O–H groups in total. The maximum absolute atomic E-state index is 11.9. The van der Waals surface area contributed by atoms with Gasteiger partial charge in [-0.2, -0.15) is 5.10 Å². The highest BCUT2D eigenvalue weighted by molar-refractivity contribution is 5.97. The highest BCUT2D eigenvalue weighted by Gasteiger charge is 2.20. The number of hydrogen-bond acceptors (Lipinski definition) is 4. The topological polar surface area (TPSA) is 116 Å². The average Bonchev–Trinajstić information content (AvgIpc) is 2.56. The molecule has 0 saturated carbocycles. The molecule has 1 unspecified atom stereocenters. The van der Waals surface area contributed by atoms with Crippen LogP contribution in [-0.4, -0.2) is 27.6 Å². The Morgan fingerprint density at radius 3 is 2.37 bits per heavy atom. The third-order valence-corrected chi connectivity index (χ3v) is 2.82. The van der Waals surface area contributed by atoms with Crippen molar-refractivity contribution >= 4 is 17.5 Å². The summed E-state index contributed by atoms with van der Waals surface area (Å²) >= 11 is 0. The number of amides is 2. The van der Waals surface area contributed by atoms with Crippen molar-refractivity contribution in [2.75, 3.05) is 5.32 Å². The zero-order chi connectivity index (χ0) is 14.7. The molecule has 0 aromatic carbocycles. The van der Waals surface area contributed by atoms with E-state index in [2.05, 4.69) is 10.4 Å². The van der Waals surface area contributed by atoms with Crippen LogP contribution in [0, 0.1) is 13.8 Å². The summed E-state index contributed by atoms with van der Waals surface area (Å²) in [6, 6.07) is -0.748. The number of hydrogen-bond donors (Lipinski definition) is 3. The summed E-state index contributed by atoms with van der Waals surface area (Å²) in [4.78, 5) is 22.6. The smallest absolute Gasteiger partial charge is 0.241 e. The predicted octanol–water partition coefficient (Wildman–Crippen LogP) is 0.222. The van der Waals surface area contributed by atoms with Gasteiger partial charge in [0.25, 0.3) is 0 Å². The number of aromatic nitrogens is 2. The first-order valence-corrected chi connectivity index (χ1v) is 6.14. The van der Waals surface area contributed by atoms with E-state index < -0.39 is 17.9 Å². The van der Waals surface area contributed by atoms with Crippen LogP contribution in [0.2, 0.25) is 0 Å². The summed E-state index contributed by atoms with van der Waals surface area (Å²) in [6.07, 6.45) is -0.178. The number of primary amides is 1. The normalized spacial score (nSPS) is 12.5. The van der Waals surface area contributed by atoms with E-state index >= 15 is 0 Å². The van der Waals surface area contributed by atoms with Gasteiger partial charge < -0.3 is 16.8 Å². The highest BCUT2D eigenvalue weighted by Crippen LogP contribution is 2.22. The third-order valence-electron chi connectivity index (χ3n) is 2.82. The van der Waals surface area contributed by atoms with Crippen LogP contribution in [0.3, 0.4) is 0 Å². The minimum absolute atomic E-state index is 0.178. The Morgan fingerprint density at radius 2 is 1.95 bits per heavy atom. The molecule has 0 radical (unpaired) electrons. The minimum Gasteiger partial charge on any atom is -0.370 e. The van der Waals surface area contributed by atoms with Gasteiger partial charge in [-0.3, -0.25) is 14.3 Å². The minimum atomic E-state index is -0.946. The fraction of sp³-hybridized carbons (Fsp3) is 0.583. The molecule has 2 amide bonds. The molecule has 7 heteroatoms. The first kappa shape index (κ1) is 15.2. The van der Waals surface area contributed by atoms with Gasteiger partial charge in [0.1, 0.15) is 0 Å². The summed E-state index contributed by atoms with van der Waals surface area (Å²) in [6.45, 7) is 7.68. The summed E-state index contributed by atoms with van der Waals surface area (Å²) in [5.74, 6) is -1.04. The molecule has 0 saturated heterocycles. The number of rotatable bonds is 5. The molecule has 0 spiro atoms. The van der Waals surface area contributed by atoms with Crippen LogP contribution in [0.25, 0.3) is 0 Å². The lowest BCUT2D eigenvalue weighted by molar-refractivity contribution is -0.123. The van der Waals surface area contributed by atoms with E-state index in [-0.39, 0.29) is 12.5 Å². The Bertz CT molecular complexity index is 493. The zero-order valence-corrected chi connectivity index (χ0v) is 11.7. The van der Waals surface area contributed by atoms with Crippen LogP contribution in [0.15, 0.2) is 0 Å². The third kappa shape index (κ3) is 3.54. The molecule has 1 aromatic heterocycles. The number of aryl methyl sites for hydroxylation is 1. The predicted molar refractivity (Wildman–Crippen MR) is 72.5 cm³/mol. The Morgan fingerprint density at radius 1 is 1.37 bits per heavy atom. The van der Waals surface area contributed by atoms with E-state index in [1.165, 1.54) is 0 Å². The van der Waals surface area contributed by atoms with Gasteiger partial charge in [0.2, 0.25) is 11.8 Å². The molecule has 7 nitrogen and oxygen atoms in total. The second-order valence-corrected chi connectivity index (χ2v) is 4.85. The molecule has 0 bridgehead atoms. The number of nitrogens with zero attached hydrogens (tertiary/aromatic N) is 2. The van der Waals surface area contributed by atoms with E-state index in [0.717, 1.165) is 5.69 Å². The number of carbonyl (C=O) groups is 2. The number of nitrogens with two attached hydrogens (primary N) is 2. The molecule has 0 fully saturated rings. The molecule has 1 atom stereocenters. The molecule has 1 rings (SSSR count). The molecule has 0 aliphatic rings. The van der Waals surface area contributed by atoms with Crippen LogP contribution in [-0.2, 0) is 9.59 Å². The summed E-state index contributed by atoms with van der Waals surface area (Å²) in [5, 5.41) is 7.06. The van der Waals surface area contributed by atoms with Gasteiger partial charge in [-0.05, 0) is 27.7 Å². The second kappa shape index (κ2) is 5.83. The average molecular weight is 267 g/mol. The lowest BCUT2D eigenvalue weighted by atomic mass is 10.2. The standard InChI is InChI=1S/C12H21N5O2/c1-6(2)17-8(4)11(7(3)16-17)15-12(19)9(13)5-10(14)18/h6,9H,5,13H2,1-4H3,(H2,14,18)(H,15,19). The molecule has 19 heavy (non-hydrogen) atoms. The van der Waals surface area contributed by atoms with Crippen molar-refractivity contribution in [3.05, 3.63) is 11.4 Å². The van der Waals surface area contributed by atoms with Gasteiger partial charge in [-0.25, -0.2) is 0 Å². The van der Waals surface area contributed by atoms with Gasteiger partial charge >= 0.3 is 0 Å². The van der Waals surface area contributed by atoms with Crippen LogP contribution in [0.4, 0.5) is 5.69 Å². The van der Waals surface area contributed by atoms with E-state index in [1.807, 2.05) is 25.5 Å². The molecule has 1 heterocycles. The van der Waals surface area contributed by atoms with Crippen molar-refractivity contribution in [3.63, 3.8) is 0 Å². The van der Waals surface area contributed by atoms with Gasteiger partial charge in [0.15, 0.2) is 0 Å². The largest absolute Gasteiger partial charge is 0.370 e. The van der Waals surface area contributed by atoms with Gasteiger partial charge in [0.05, 0.1) is 29.5 Å². The second-order valence-electron chi connectivity index (χ2n) is 4.85. The zero-order valence-electron chi connectivity index (χ0n) is 11.7. The van der Waals surface area contributed by atoms with Crippen molar-refractivity contribution in [1.29, 1.82) is 0 Å². The fourth-order valence-electron chi connectivity index (χ4n) is 1.87. The maximum Gasteiger partial charge on any atom is 0.241 e. The van der Waals surface area contributed by atoms with Crippen LogP contribution in [0.5, 0.6) is 0 Å². The Labute approximate surface area is 112 Å². The quantitative estimate of drug-likeness (QED) is 0.707. The SMILES string of the molecule is Cc1nn(C(C)C)c(C)c1NC(=O)C(N)CC(N)=O. The Kier molecular flexibility index (Phi) is 4.66. The monoisotopic (exact) mass is 267 g/mol. The molecular weight excluding hydrogens is 246 g/mol. The lowest BCUT2D eigenvalue weighted by Gasteiger charge is -2.12. The molecular formula is C12H21N5O2. The number of anilines is 1. The molecule has 0 aliphatic heterocycles. The van der Waals surface area contributed by atoms with Crippen molar-refractivity contribution in [2.24, 2.45) is 11.5 Å². The Balaban J connectivity index is 2.88.